The van der Waals surface area contributed by atoms with Crippen LogP contribution in [0.5, 0.6) is 0 Å². The second kappa shape index (κ2) is 65.8. The molecule has 2 heterocycles. The quantitative estimate of drug-likeness (QED) is 0.0804. The Labute approximate surface area is 394 Å². The fourth-order valence-corrected chi connectivity index (χ4v) is 4.99. The van der Waals surface area contributed by atoms with Crippen molar-refractivity contribution in [3.63, 3.8) is 0 Å². The Balaban J connectivity index is -0.000000178. The minimum absolute atomic E-state index is 0. The first-order valence-electron chi connectivity index (χ1n) is 20.0. The second-order valence-electron chi connectivity index (χ2n) is 12.6. The van der Waals surface area contributed by atoms with E-state index in [1.54, 1.807) is 0 Å². The van der Waals surface area contributed by atoms with Crippen LogP contribution >= 0.6 is 48.9 Å². The molecule has 0 spiro atoms. The van der Waals surface area contributed by atoms with Crippen LogP contribution in [-0.2, 0) is 33.0 Å². The zero-order valence-corrected chi connectivity index (χ0v) is 40.9. The van der Waals surface area contributed by atoms with Gasteiger partial charge in [0.2, 0.25) is 0 Å². The van der Waals surface area contributed by atoms with Crippen LogP contribution in [0.15, 0.2) is 0 Å². The van der Waals surface area contributed by atoms with Crippen molar-refractivity contribution < 1.29 is 33.0 Å². The molecule has 2 rings (SSSR count). The third-order valence-corrected chi connectivity index (χ3v) is 7.91. The van der Waals surface area contributed by atoms with Crippen molar-refractivity contribution in [1.29, 1.82) is 0 Å². The third-order valence-electron chi connectivity index (χ3n) is 7.91. The first-order chi connectivity index (χ1) is 27.4. The summed E-state index contributed by atoms with van der Waals surface area (Å²) in [5, 5.41) is 62.2. The number of nitrogens with zero attached hydrogens (tertiary/aromatic N) is 8. The fraction of sp³-hybridized carbons (Fsp3) is 0.889. The van der Waals surface area contributed by atoms with Crippen molar-refractivity contribution >= 4 is 69.5 Å². The van der Waals surface area contributed by atoms with E-state index in [0.29, 0.717) is 0 Å². The normalized spacial score (nSPS) is 16.9. The van der Waals surface area contributed by atoms with E-state index in [1.807, 2.05) is 0 Å². The molecule has 58 heavy (non-hydrogen) atoms. The van der Waals surface area contributed by atoms with Gasteiger partial charge in [0.05, 0.1) is 0 Å². The van der Waals surface area contributed by atoms with Gasteiger partial charge in [-0.2, -0.15) is 20.6 Å². The Hall–Kier alpha value is -0.293. The summed E-state index contributed by atoms with van der Waals surface area (Å²) in [4.78, 5) is 9.84. The third kappa shape index (κ3) is 62.4. The van der Waals surface area contributed by atoms with E-state index < -0.39 is 0 Å². The summed E-state index contributed by atoms with van der Waals surface area (Å²) in [5.41, 5.74) is 0. The van der Waals surface area contributed by atoms with E-state index in [1.165, 1.54) is 98.2 Å². The summed E-state index contributed by atoms with van der Waals surface area (Å²) < 4.78 is 0. The molecular weight excluding hydrogens is 902 g/mol. The topological polar surface area (TPSA) is 198 Å². The van der Waals surface area contributed by atoms with Crippen molar-refractivity contribution in [3.05, 3.63) is 21.6 Å². The van der Waals surface area contributed by atoms with E-state index in [4.69, 9.17) is 21.6 Å². The van der Waals surface area contributed by atoms with Crippen LogP contribution in [0.3, 0.4) is 0 Å². The summed E-state index contributed by atoms with van der Waals surface area (Å²) in [5.74, 6) is 0. The molecule has 22 heteroatoms. The first kappa shape index (κ1) is 69.4. The number of unbranched alkanes of at least 4 members (excludes halogenated alkanes) is 4. The van der Waals surface area contributed by atoms with Gasteiger partial charge in [0, 0.05) is 132 Å². The van der Waals surface area contributed by atoms with Gasteiger partial charge in [-0.1, -0.05) is 102 Å². The molecule has 0 bridgehead atoms. The van der Waals surface area contributed by atoms with Crippen LogP contribution in [0.4, 0.5) is 0 Å². The molecule has 2 fully saturated rings. The molecular formula is C36H76N16Ni2S4. The van der Waals surface area contributed by atoms with Crippen LogP contribution in [0, 0.1) is 0 Å². The average molecular weight is 979 g/mol. The van der Waals surface area contributed by atoms with Crippen molar-refractivity contribution in [2.45, 2.75) is 79.1 Å². The minimum Gasteiger partial charge on any atom is -0.753 e. The molecule has 0 radical (unpaired) electrons. The predicted octanol–water partition coefficient (Wildman–Crippen LogP) is 3.41. The van der Waals surface area contributed by atoms with Crippen molar-refractivity contribution in [1.82, 2.24) is 62.1 Å². The number of hydrogen-bond donors (Lipinski definition) is 8. The molecule has 344 valence electrons. The molecule has 16 nitrogen and oxygen atoms in total. The number of isothiocyanates is 4. The van der Waals surface area contributed by atoms with Gasteiger partial charge in [-0.15, -0.1) is 0 Å². The van der Waals surface area contributed by atoms with Crippen LogP contribution in [0.1, 0.15) is 79.1 Å². The largest absolute Gasteiger partial charge is 2.00 e. The standard InChI is InChI=1S/2C16H38N6.4CNS.2Ni/c2*1-3-5-11-21-13-17-7-9-19-15-22(12-6-4-2)16-20-10-8-18-14-21;4*2-1-3;;/h2*17-20H,3-16H2,1-2H3;;;;;;/q;;4*-1;2*+2. The summed E-state index contributed by atoms with van der Waals surface area (Å²) in [6, 6.07) is 0. The Bertz CT molecular complexity index is 752. The van der Waals surface area contributed by atoms with Gasteiger partial charge in [-0.3, -0.25) is 19.6 Å². The molecule has 2 aliphatic rings. The molecule has 2 aliphatic heterocycles. The molecule has 0 atom stereocenters. The van der Waals surface area contributed by atoms with E-state index in [2.05, 4.69) is 139 Å². The van der Waals surface area contributed by atoms with Gasteiger partial charge in [-0.25, -0.2) is 0 Å². The van der Waals surface area contributed by atoms with E-state index in [0.717, 1.165) is 106 Å². The zero-order valence-electron chi connectivity index (χ0n) is 35.6. The number of hydrogen-bond acceptors (Lipinski definition) is 16. The number of thiocarbonyl (C=S) groups is 4. The summed E-state index contributed by atoms with van der Waals surface area (Å²) in [6.45, 7) is 29.7. The predicted molar refractivity (Wildman–Crippen MR) is 253 cm³/mol. The van der Waals surface area contributed by atoms with E-state index in [9.17, 15) is 0 Å². The molecule has 8 N–H and O–H groups in total. The Morgan fingerprint density at radius 3 is 0.569 bits per heavy atom. The Morgan fingerprint density at radius 2 is 0.466 bits per heavy atom. The Morgan fingerprint density at radius 1 is 0.345 bits per heavy atom. The molecule has 0 aliphatic carbocycles. The Kier molecular flexibility index (Phi) is 78.8. The smallest absolute Gasteiger partial charge is 0.753 e. The van der Waals surface area contributed by atoms with Crippen LogP contribution in [0.2, 0.25) is 0 Å². The number of rotatable bonds is 12. The first-order valence-corrected chi connectivity index (χ1v) is 21.6. The molecule has 0 unspecified atom stereocenters. The SMILES string of the molecule is CCCCN1CNCCNCN(CCCC)CNCCNC1.CCCCN1CNCCNCN(CCCC)CNCCNC1.[N-]=C=S.[N-]=C=S.[N-]=C=S.[N-]=C=S.[Ni+2].[Ni+2]. The number of nitrogens with one attached hydrogen (secondary N) is 8. The van der Waals surface area contributed by atoms with E-state index >= 15 is 0 Å². The molecule has 0 saturated carbocycles. The monoisotopic (exact) mass is 976 g/mol. The molecule has 0 aromatic rings. The van der Waals surface area contributed by atoms with Crippen molar-refractivity contribution in [3.8, 4) is 0 Å². The van der Waals surface area contributed by atoms with Gasteiger partial charge in [0.1, 0.15) is 0 Å². The maximum Gasteiger partial charge on any atom is 2.00 e. The maximum atomic E-state index is 7.13. The van der Waals surface area contributed by atoms with Gasteiger partial charge in [0.15, 0.2) is 0 Å². The van der Waals surface area contributed by atoms with Gasteiger partial charge in [-0.05, 0) is 25.7 Å². The van der Waals surface area contributed by atoms with Crippen molar-refractivity contribution in [2.24, 2.45) is 0 Å². The van der Waals surface area contributed by atoms with Crippen LogP contribution < -0.4 is 42.5 Å². The second-order valence-corrected chi connectivity index (χ2v) is 13.4. The fourth-order valence-electron chi connectivity index (χ4n) is 4.99. The molecule has 0 aromatic carbocycles. The maximum absolute atomic E-state index is 7.13. The van der Waals surface area contributed by atoms with Crippen LogP contribution in [-0.4, -0.2) is 172 Å². The van der Waals surface area contributed by atoms with Crippen LogP contribution in [0.25, 0.3) is 21.6 Å². The van der Waals surface area contributed by atoms with Gasteiger partial charge < -0.3 is 64.2 Å². The van der Waals surface area contributed by atoms with Crippen molar-refractivity contribution in [2.75, 3.05) is 132 Å². The van der Waals surface area contributed by atoms with E-state index in [-0.39, 0.29) is 33.0 Å². The summed E-state index contributed by atoms with van der Waals surface area (Å²) >= 11 is 14.8. The zero-order chi connectivity index (χ0) is 42.6. The summed E-state index contributed by atoms with van der Waals surface area (Å²) in [6.07, 6.45) is 10.1. The minimum atomic E-state index is 0. The molecule has 0 amide bonds. The van der Waals surface area contributed by atoms with Gasteiger partial charge in [0.25, 0.3) is 0 Å². The molecule has 2 saturated heterocycles. The average Bonchev–Trinajstić information content (AvgIpc) is 3.18. The summed E-state index contributed by atoms with van der Waals surface area (Å²) in [7, 11) is 0. The molecule has 0 aromatic heterocycles. The van der Waals surface area contributed by atoms with Gasteiger partial charge >= 0.3 is 33.0 Å².